The number of hydrogen-bond acceptors (Lipinski definition) is 3. The van der Waals surface area contributed by atoms with Crippen molar-refractivity contribution in [1.29, 1.82) is 5.26 Å². The summed E-state index contributed by atoms with van der Waals surface area (Å²) >= 11 is 0. The van der Waals surface area contributed by atoms with Crippen molar-refractivity contribution < 1.29 is 5.11 Å². The van der Waals surface area contributed by atoms with Crippen LogP contribution in [0.4, 0.5) is 5.69 Å². The molecule has 1 aromatic carbocycles. The summed E-state index contributed by atoms with van der Waals surface area (Å²) in [7, 11) is 0. The van der Waals surface area contributed by atoms with Gasteiger partial charge in [0.05, 0.1) is 18.6 Å². The van der Waals surface area contributed by atoms with Crippen LogP contribution in [0.3, 0.4) is 0 Å². The summed E-state index contributed by atoms with van der Waals surface area (Å²) in [5.41, 5.74) is 2.08. The van der Waals surface area contributed by atoms with Gasteiger partial charge in [-0.2, -0.15) is 5.26 Å². The highest BCUT2D eigenvalue weighted by Gasteiger charge is 2.10. The molecule has 1 rings (SSSR count). The van der Waals surface area contributed by atoms with Crippen LogP contribution in [0.15, 0.2) is 24.3 Å². The van der Waals surface area contributed by atoms with Crippen LogP contribution in [0, 0.1) is 17.2 Å². The highest BCUT2D eigenvalue weighted by molar-refractivity contribution is 5.48. The van der Waals surface area contributed by atoms with E-state index in [0.717, 1.165) is 30.8 Å². The largest absolute Gasteiger partial charge is 0.388 e. The third-order valence-electron chi connectivity index (χ3n) is 3.11. The van der Waals surface area contributed by atoms with Crippen molar-refractivity contribution >= 4 is 5.69 Å². The molecule has 0 aliphatic rings. The Balaban J connectivity index is 2.81. The maximum atomic E-state index is 9.79. The Kier molecular flexibility index (Phi) is 6.38. The van der Waals surface area contributed by atoms with Crippen LogP contribution in [0.2, 0.25) is 0 Å². The minimum atomic E-state index is -0.383. The number of anilines is 1. The molecule has 0 spiro atoms. The number of rotatable bonds is 7. The Morgan fingerprint density at radius 3 is 2.37 bits per heavy atom. The SMILES string of the molecule is CC[C@@H](O)c1ccc(N(CCC#N)CC(C)C)cc1. The number of aliphatic hydroxyl groups excluding tert-OH is 1. The molecule has 3 nitrogen and oxygen atoms in total. The summed E-state index contributed by atoms with van der Waals surface area (Å²) in [6.45, 7) is 8.02. The van der Waals surface area contributed by atoms with Crippen LogP contribution in [-0.4, -0.2) is 18.2 Å². The van der Waals surface area contributed by atoms with Gasteiger partial charge in [0.25, 0.3) is 0 Å². The summed E-state index contributed by atoms with van der Waals surface area (Å²) < 4.78 is 0. The van der Waals surface area contributed by atoms with E-state index in [0.29, 0.717) is 12.3 Å². The molecule has 0 radical (unpaired) electrons. The molecular weight excluding hydrogens is 236 g/mol. The monoisotopic (exact) mass is 260 g/mol. The van der Waals surface area contributed by atoms with Crippen LogP contribution < -0.4 is 4.90 Å². The van der Waals surface area contributed by atoms with Gasteiger partial charge in [-0.3, -0.25) is 0 Å². The fraction of sp³-hybridized carbons (Fsp3) is 0.562. The molecule has 1 N–H and O–H groups in total. The minimum Gasteiger partial charge on any atom is -0.388 e. The van der Waals surface area contributed by atoms with E-state index in [-0.39, 0.29) is 6.10 Å². The normalized spacial score (nSPS) is 12.2. The maximum Gasteiger partial charge on any atom is 0.0787 e. The molecular formula is C16H24N2O. The van der Waals surface area contributed by atoms with Gasteiger partial charge in [-0.25, -0.2) is 0 Å². The van der Waals surface area contributed by atoms with Crippen molar-refractivity contribution in [3.8, 4) is 6.07 Å². The molecule has 3 heteroatoms. The van der Waals surface area contributed by atoms with Crippen molar-refractivity contribution in [1.82, 2.24) is 0 Å². The highest BCUT2D eigenvalue weighted by Crippen LogP contribution is 2.22. The van der Waals surface area contributed by atoms with Crippen LogP contribution in [-0.2, 0) is 0 Å². The van der Waals surface area contributed by atoms with Gasteiger partial charge in [0, 0.05) is 18.8 Å². The lowest BCUT2D eigenvalue weighted by Gasteiger charge is -2.26. The van der Waals surface area contributed by atoms with Gasteiger partial charge >= 0.3 is 0 Å². The van der Waals surface area contributed by atoms with Crippen LogP contribution in [0.25, 0.3) is 0 Å². The Hall–Kier alpha value is -1.53. The maximum absolute atomic E-state index is 9.79. The van der Waals surface area contributed by atoms with E-state index in [4.69, 9.17) is 5.26 Å². The average Bonchev–Trinajstić information content (AvgIpc) is 2.42. The molecule has 0 fully saturated rings. The first-order chi connectivity index (χ1) is 9.08. The van der Waals surface area contributed by atoms with E-state index in [1.165, 1.54) is 0 Å². The third kappa shape index (κ3) is 4.92. The van der Waals surface area contributed by atoms with Gasteiger partial charge in [0.1, 0.15) is 0 Å². The molecule has 0 unspecified atom stereocenters. The second kappa shape index (κ2) is 7.81. The van der Waals surface area contributed by atoms with Crippen LogP contribution in [0.5, 0.6) is 0 Å². The van der Waals surface area contributed by atoms with Gasteiger partial charge in [-0.1, -0.05) is 32.9 Å². The predicted octanol–water partition coefficient (Wildman–Crippen LogP) is 3.51. The number of aliphatic hydroxyl groups is 1. The minimum absolute atomic E-state index is 0.383. The first-order valence-corrected chi connectivity index (χ1v) is 6.98. The fourth-order valence-corrected chi connectivity index (χ4v) is 2.09. The van der Waals surface area contributed by atoms with Gasteiger partial charge < -0.3 is 10.0 Å². The van der Waals surface area contributed by atoms with E-state index in [1.54, 1.807) is 0 Å². The molecule has 0 heterocycles. The van der Waals surface area contributed by atoms with Crippen molar-refractivity contribution in [3.63, 3.8) is 0 Å². The average molecular weight is 260 g/mol. The van der Waals surface area contributed by atoms with E-state index in [1.807, 2.05) is 31.2 Å². The van der Waals surface area contributed by atoms with Gasteiger partial charge in [0.15, 0.2) is 0 Å². The fourth-order valence-electron chi connectivity index (χ4n) is 2.09. The Morgan fingerprint density at radius 2 is 1.89 bits per heavy atom. The summed E-state index contributed by atoms with van der Waals surface area (Å²) in [6.07, 6.45) is 0.877. The molecule has 0 aliphatic carbocycles. The van der Waals surface area contributed by atoms with E-state index in [9.17, 15) is 5.11 Å². The van der Waals surface area contributed by atoms with Crippen LogP contribution in [0.1, 0.15) is 45.3 Å². The Morgan fingerprint density at radius 1 is 1.26 bits per heavy atom. The summed E-state index contributed by atoms with van der Waals surface area (Å²) in [4.78, 5) is 2.23. The topological polar surface area (TPSA) is 47.3 Å². The van der Waals surface area contributed by atoms with Crippen molar-refractivity contribution in [2.45, 2.75) is 39.7 Å². The van der Waals surface area contributed by atoms with Crippen LogP contribution >= 0.6 is 0 Å². The standard InChI is InChI=1S/C16H24N2O/c1-4-16(19)14-6-8-15(9-7-14)18(11-5-10-17)12-13(2)3/h6-9,13,16,19H,4-5,11-12H2,1-3H3/t16-/m1/s1. The lowest BCUT2D eigenvalue weighted by Crippen LogP contribution is -2.28. The number of hydrogen-bond donors (Lipinski definition) is 1. The number of nitriles is 1. The van der Waals surface area contributed by atoms with Crippen molar-refractivity contribution in [3.05, 3.63) is 29.8 Å². The molecule has 104 valence electrons. The summed E-state index contributed by atoms with van der Waals surface area (Å²) in [6, 6.07) is 10.2. The first kappa shape index (κ1) is 15.5. The smallest absolute Gasteiger partial charge is 0.0787 e. The third-order valence-corrected chi connectivity index (χ3v) is 3.11. The lowest BCUT2D eigenvalue weighted by molar-refractivity contribution is 0.173. The lowest BCUT2D eigenvalue weighted by atomic mass is 10.1. The zero-order valence-electron chi connectivity index (χ0n) is 12.1. The van der Waals surface area contributed by atoms with Gasteiger partial charge in [-0.05, 0) is 30.0 Å². The van der Waals surface area contributed by atoms with Gasteiger partial charge in [0.2, 0.25) is 0 Å². The molecule has 0 aromatic heterocycles. The molecule has 0 aliphatic heterocycles. The Bertz CT molecular complexity index is 406. The predicted molar refractivity (Wildman–Crippen MR) is 79.0 cm³/mol. The summed E-state index contributed by atoms with van der Waals surface area (Å²) in [5.74, 6) is 0.555. The highest BCUT2D eigenvalue weighted by atomic mass is 16.3. The van der Waals surface area contributed by atoms with E-state index < -0.39 is 0 Å². The molecule has 1 atom stereocenters. The van der Waals surface area contributed by atoms with Crippen molar-refractivity contribution in [2.75, 3.05) is 18.0 Å². The zero-order valence-corrected chi connectivity index (χ0v) is 12.1. The first-order valence-electron chi connectivity index (χ1n) is 6.98. The quantitative estimate of drug-likeness (QED) is 0.816. The molecule has 19 heavy (non-hydrogen) atoms. The second-order valence-electron chi connectivity index (χ2n) is 5.26. The number of nitrogens with zero attached hydrogens (tertiary/aromatic N) is 2. The van der Waals surface area contributed by atoms with E-state index >= 15 is 0 Å². The molecule has 1 aromatic rings. The summed E-state index contributed by atoms with van der Waals surface area (Å²) in [5, 5.41) is 18.5. The second-order valence-corrected chi connectivity index (χ2v) is 5.26. The molecule has 0 bridgehead atoms. The molecule has 0 saturated carbocycles. The zero-order chi connectivity index (χ0) is 14.3. The Labute approximate surface area is 116 Å². The number of benzene rings is 1. The van der Waals surface area contributed by atoms with E-state index in [2.05, 4.69) is 24.8 Å². The van der Waals surface area contributed by atoms with Gasteiger partial charge in [-0.15, -0.1) is 0 Å². The molecule has 0 amide bonds. The molecule has 0 saturated heterocycles. The van der Waals surface area contributed by atoms with Crippen molar-refractivity contribution in [2.24, 2.45) is 5.92 Å².